The summed E-state index contributed by atoms with van der Waals surface area (Å²) in [5, 5.41) is 1.85. The van der Waals surface area contributed by atoms with Crippen LogP contribution in [0, 0.1) is 0 Å². The Morgan fingerprint density at radius 2 is 1.78 bits per heavy atom. The van der Waals surface area contributed by atoms with Gasteiger partial charge in [0.2, 0.25) is 5.78 Å². The molecule has 7 heteroatoms. The minimum Gasteiger partial charge on any atom is -0.452 e. The van der Waals surface area contributed by atoms with Crippen molar-refractivity contribution in [1.82, 2.24) is 9.55 Å². The summed E-state index contributed by atoms with van der Waals surface area (Å²) < 4.78 is 13.7. The number of H-pyrrole nitrogens is 1. The van der Waals surface area contributed by atoms with Crippen molar-refractivity contribution in [1.29, 1.82) is 0 Å². The number of carbonyl (C=O) groups excluding carboxylic acids is 2. The third kappa shape index (κ3) is 3.24. The number of hydrogen-bond donors (Lipinski definition) is 1. The molecule has 0 saturated heterocycles. The molecule has 1 N–H and O–H groups in total. The number of ketones is 1. The lowest BCUT2D eigenvalue weighted by atomic mass is 9.85. The zero-order chi connectivity index (χ0) is 25.3. The molecular formula is C30H20N2O5. The maximum atomic E-state index is 13.4. The van der Waals surface area contributed by atoms with E-state index in [1.54, 1.807) is 24.3 Å². The van der Waals surface area contributed by atoms with Crippen LogP contribution in [0.1, 0.15) is 39.4 Å². The van der Waals surface area contributed by atoms with Gasteiger partial charge in [0.05, 0.1) is 12.0 Å². The second kappa shape index (κ2) is 7.80. The highest BCUT2D eigenvalue weighted by atomic mass is 16.5. The standard InChI is InChI=1S/C30H20N2O5/c1-32-15-17(18-7-3-5-9-23(18)32)13-25-28(34)19-10-11-24-27(29(19)37-25)20(14-26(33)36-24)21-12-16-6-2-4-8-22(16)31-30(21)35/h2-13,15,20H,14H2,1H3,(H,31,35)/b25-13+. The Labute approximate surface area is 210 Å². The molecule has 0 fully saturated rings. The number of para-hydroxylation sites is 2. The van der Waals surface area contributed by atoms with Crippen molar-refractivity contribution in [2.45, 2.75) is 12.3 Å². The van der Waals surface area contributed by atoms with Crippen LogP contribution in [0.15, 0.2) is 83.5 Å². The van der Waals surface area contributed by atoms with Crippen LogP contribution >= 0.6 is 0 Å². The quantitative estimate of drug-likeness (QED) is 0.213. The fourth-order valence-corrected chi connectivity index (χ4v) is 5.42. The number of Topliss-reactive ketones (excluding diaryl/α,β-unsaturated/α-hetero) is 1. The zero-order valence-electron chi connectivity index (χ0n) is 19.8. The van der Waals surface area contributed by atoms with E-state index in [4.69, 9.17) is 9.47 Å². The van der Waals surface area contributed by atoms with Gasteiger partial charge in [-0.05, 0) is 41.8 Å². The van der Waals surface area contributed by atoms with Gasteiger partial charge in [-0.15, -0.1) is 0 Å². The van der Waals surface area contributed by atoms with Gasteiger partial charge >= 0.3 is 5.97 Å². The van der Waals surface area contributed by atoms with Crippen LogP contribution in [-0.4, -0.2) is 21.3 Å². The maximum absolute atomic E-state index is 13.4. The number of ether oxygens (including phenoxy) is 2. The number of pyridine rings is 1. The van der Waals surface area contributed by atoms with E-state index in [1.807, 2.05) is 66.3 Å². The topological polar surface area (TPSA) is 90.4 Å². The van der Waals surface area contributed by atoms with Crippen molar-refractivity contribution in [3.63, 3.8) is 0 Å². The van der Waals surface area contributed by atoms with Crippen LogP contribution in [0.25, 0.3) is 27.9 Å². The Balaban J connectivity index is 1.38. The number of hydrogen-bond acceptors (Lipinski definition) is 5. The molecule has 0 saturated carbocycles. The van der Waals surface area contributed by atoms with Gasteiger partial charge in [-0.25, -0.2) is 0 Å². The Kier molecular flexibility index (Phi) is 4.50. The summed E-state index contributed by atoms with van der Waals surface area (Å²) >= 11 is 0. The van der Waals surface area contributed by atoms with Crippen LogP contribution in [0.5, 0.6) is 11.5 Å². The molecule has 3 aromatic carbocycles. The smallest absolute Gasteiger partial charge is 0.312 e. The first-order chi connectivity index (χ1) is 18.0. The molecule has 37 heavy (non-hydrogen) atoms. The number of nitrogens with zero attached hydrogens (tertiary/aromatic N) is 1. The minimum absolute atomic E-state index is 0.0369. The Morgan fingerprint density at radius 1 is 0.973 bits per heavy atom. The van der Waals surface area contributed by atoms with Crippen LogP contribution in [-0.2, 0) is 11.8 Å². The van der Waals surface area contributed by atoms with Gasteiger partial charge in [-0.2, -0.15) is 0 Å². The van der Waals surface area contributed by atoms with Gasteiger partial charge in [-0.3, -0.25) is 14.4 Å². The molecule has 2 aliphatic heterocycles. The molecule has 0 bridgehead atoms. The fourth-order valence-electron chi connectivity index (χ4n) is 5.42. The van der Waals surface area contributed by atoms with E-state index < -0.39 is 11.9 Å². The summed E-state index contributed by atoms with van der Waals surface area (Å²) in [4.78, 5) is 42.0. The van der Waals surface area contributed by atoms with Crippen molar-refractivity contribution < 1.29 is 19.1 Å². The summed E-state index contributed by atoms with van der Waals surface area (Å²) in [6, 6.07) is 20.4. The van der Waals surface area contributed by atoms with Crippen molar-refractivity contribution in [3.8, 4) is 11.5 Å². The van der Waals surface area contributed by atoms with E-state index in [-0.39, 0.29) is 23.5 Å². The van der Waals surface area contributed by atoms with Gasteiger partial charge in [0.15, 0.2) is 5.76 Å². The number of aromatic nitrogens is 2. The average molecular weight is 488 g/mol. The van der Waals surface area contributed by atoms with Crippen LogP contribution < -0.4 is 15.0 Å². The van der Waals surface area contributed by atoms with E-state index in [0.29, 0.717) is 33.7 Å². The Bertz CT molecular complexity index is 1890. The second-order valence-corrected chi connectivity index (χ2v) is 9.38. The third-order valence-electron chi connectivity index (χ3n) is 7.15. The lowest BCUT2D eigenvalue weighted by Crippen LogP contribution is -2.26. The first kappa shape index (κ1) is 21.4. The van der Waals surface area contributed by atoms with Gasteiger partial charge < -0.3 is 19.0 Å². The molecule has 7 rings (SSSR count). The van der Waals surface area contributed by atoms with E-state index in [9.17, 15) is 14.4 Å². The van der Waals surface area contributed by atoms with E-state index in [0.717, 1.165) is 21.9 Å². The normalized spacial score (nSPS) is 17.6. The number of aromatic amines is 1. The molecule has 5 aromatic rings. The minimum atomic E-state index is -0.621. The predicted octanol–water partition coefficient (Wildman–Crippen LogP) is 5.08. The zero-order valence-corrected chi connectivity index (χ0v) is 19.8. The molecule has 1 atom stereocenters. The van der Waals surface area contributed by atoms with Gasteiger partial charge in [0, 0.05) is 52.3 Å². The van der Waals surface area contributed by atoms with E-state index >= 15 is 0 Å². The second-order valence-electron chi connectivity index (χ2n) is 9.38. The number of nitrogens with one attached hydrogen (secondary N) is 1. The van der Waals surface area contributed by atoms with Gasteiger partial charge in [-0.1, -0.05) is 36.4 Å². The molecule has 2 aliphatic rings. The highest BCUT2D eigenvalue weighted by molar-refractivity contribution is 6.15. The number of fused-ring (bicyclic) bond motifs is 5. The number of benzene rings is 3. The van der Waals surface area contributed by atoms with Gasteiger partial charge in [0.1, 0.15) is 11.5 Å². The molecule has 0 spiro atoms. The van der Waals surface area contributed by atoms with E-state index in [1.165, 1.54) is 0 Å². The van der Waals surface area contributed by atoms with Crippen molar-refractivity contribution in [2.24, 2.45) is 7.05 Å². The van der Waals surface area contributed by atoms with Gasteiger partial charge in [0.25, 0.3) is 5.56 Å². The molecule has 180 valence electrons. The number of carbonyl (C=O) groups is 2. The molecule has 4 heterocycles. The van der Waals surface area contributed by atoms with Crippen LogP contribution in [0.4, 0.5) is 0 Å². The van der Waals surface area contributed by atoms with Crippen molar-refractivity contribution >= 4 is 39.6 Å². The van der Waals surface area contributed by atoms with Crippen molar-refractivity contribution in [3.05, 3.63) is 111 Å². The molecule has 0 aliphatic carbocycles. The lowest BCUT2D eigenvalue weighted by Gasteiger charge is -2.26. The molecule has 0 radical (unpaired) electrons. The van der Waals surface area contributed by atoms with Crippen LogP contribution in [0.3, 0.4) is 0 Å². The first-order valence-electron chi connectivity index (χ1n) is 12.0. The maximum Gasteiger partial charge on any atom is 0.312 e. The van der Waals surface area contributed by atoms with Crippen LogP contribution in [0.2, 0.25) is 0 Å². The molecule has 1 unspecified atom stereocenters. The Hall–Kier alpha value is -4.91. The number of rotatable bonds is 2. The number of aryl methyl sites for hydroxylation is 1. The monoisotopic (exact) mass is 488 g/mol. The SMILES string of the molecule is Cn1cc(/C=C2/Oc3c(ccc4c3C(c3cc5ccccc5[nH]c3=O)CC(=O)O4)C2=O)c2ccccc21. The Morgan fingerprint density at radius 3 is 2.68 bits per heavy atom. The summed E-state index contributed by atoms with van der Waals surface area (Å²) in [6.45, 7) is 0. The number of allylic oxidation sites excluding steroid dienone is 1. The van der Waals surface area contributed by atoms with E-state index in [2.05, 4.69) is 4.98 Å². The summed E-state index contributed by atoms with van der Waals surface area (Å²) in [7, 11) is 1.95. The first-order valence-corrected chi connectivity index (χ1v) is 12.0. The molecule has 0 amide bonds. The highest BCUT2D eigenvalue weighted by Crippen LogP contribution is 2.48. The molecular weight excluding hydrogens is 468 g/mol. The average Bonchev–Trinajstić information content (AvgIpc) is 3.39. The summed E-state index contributed by atoms with van der Waals surface area (Å²) in [5.41, 5.74) is 3.65. The fraction of sp³-hybridized carbons (Fsp3) is 0.100. The molecule has 7 nitrogen and oxygen atoms in total. The predicted molar refractivity (Wildman–Crippen MR) is 139 cm³/mol. The lowest BCUT2D eigenvalue weighted by molar-refractivity contribution is -0.135. The third-order valence-corrected chi connectivity index (χ3v) is 7.15. The summed E-state index contributed by atoms with van der Waals surface area (Å²) in [5.74, 6) is -0.507. The number of esters is 1. The summed E-state index contributed by atoms with van der Waals surface area (Å²) in [6.07, 6.45) is 3.65. The largest absolute Gasteiger partial charge is 0.452 e. The molecule has 2 aromatic heterocycles. The van der Waals surface area contributed by atoms with Crippen molar-refractivity contribution in [2.75, 3.05) is 0 Å². The highest BCUT2D eigenvalue weighted by Gasteiger charge is 2.39.